The Balaban J connectivity index is 1.25. The number of aromatic nitrogens is 4. The molecular formula is C45H26N4OS. The average Bonchev–Trinajstić information content (AvgIpc) is 3.87. The fraction of sp³-hybridized carbons (Fsp3) is 0. The predicted octanol–water partition coefficient (Wildman–Crippen LogP) is 12.2. The molecule has 0 fully saturated rings. The Morgan fingerprint density at radius 2 is 1.04 bits per heavy atom. The standard InChI is InChI=1S/C45H26N4OS/c1-3-13-27(14-4-1)43-46-44(28-15-5-2-6-16-28)48-45(47-43)29-25-36(40-33-19-8-11-21-37(33)50-38(40)26-29)49-34-20-10-7-18-32(34)41-35(49)24-23-31-30-17-9-12-22-39(30)51-42(31)41/h1-26H. The maximum absolute atomic E-state index is 6.63. The molecule has 0 saturated heterocycles. The summed E-state index contributed by atoms with van der Waals surface area (Å²) in [6, 6.07) is 54.8. The van der Waals surface area contributed by atoms with Crippen LogP contribution in [0.1, 0.15) is 0 Å². The molecule has 11 rings (SSSR count). The van der Waals surface area contributed by atoms with Gasteiger partial charge in [-0.15, -0.1) is 11.3 Å². The molecule has 4 heterocycles. The molecule has 0 N–H and O–H groups in total. The minimum Gasteiger partial charge on any atom is -0.456 e. The van der Waals surface area contributed by atoms with Crippen LogP contribution in [0.4, 0.5) is 0 Å². The molecule has 0 spiro atoms. The van der Waals surface area contributed by atoms with E-state index >= 15 is 0 Å². The van der Waals surface area contributed by atoms with Gasteiger partial charge in [-0.25, -0.2) is 15.0 Å². The van der Waals surface area contributed by atoms with Crippen LogP contribution in [0.3, 0.4) is 0 Å². The number of para-hydroxylation sites is 2. The molecule has 0 atom stereocenters. The van der Waals surface area contributed by atoms with Gasteiger partial charge in [0, 0.05) is 53.0 Å². The first kappa shape index (κ1) is 28.2. The van der Waals surface area contributed by atoms with Crippen LogP contribution in [0.15, 0.2) is 162 Å². The van der Waals surface area contributed by atoms with Crippen LogP contribution < -0.4 is 0 Å². The fourth-order valence-electron chi connectivity index (χ4n) is 7.57. The summed E-state index contributed by atoms with van der Waals surface area (Å²) < 4.78 is 11.6. The van der Waals surface area contributed by atoms with Crippen LogP contribution in [0.2, 0.25) is 0 Å². The average molecular weight is 671 g/mol. The van der Waals surface area contributed by atoms with E-state index in [0.717, 1.165) is 55.3 Å². The number of hydrogen-bond donors (Lipinski definition) is 0. The number of hydrogen-bond acceptors (Lipinski definition) is 5. The quantitative estimate of drug-likeness (QED) is 0.187. The molecule has 0 amide bonds. The fourth-order valence-corrected chi connectivity index (χ4v) is 8.83. The molecule has 11 aromatic rings. The molecule has 0 unspecified atom stereocenters. The van der Waals surface area contributed by atoms with Crippen LogP contribution in [0.25, 0.3) is 104 Å². The molecule has 4 aromatic heterocycles. The van der Waals surface area contributed by atoms with E-state index in [1.54, 1.807) is 0 Å². The van der Waals surface area contributed by atoms with Gasteiger partial charge in [-0.3, -0.25) is 0 Å². The predicted molar refractivity (Wildman–Crippen MR) is 211 cm³/mol. The monoisotopic (exact) mass is 670 g/mol. The Labute approximate surface area is 295 Å². The largest absolute Gasteiger partial charge is 0.456 e. The molecular weight excluding hydrogens is 645 g/mol. The Morgan fingerprint density at radius 3 is 1.78 bits per heavy atom. The first-order valence-electron chi connectivity index (χ1n) is 16.9. The van der Waals surface area contributed by atoms with Crippen LogP contribution in [-0.2, 0) is 0 Å². The lowest BCUT2D eigenvalue weighted by Gasteiger charge is -2.13. The second-order valence-electron chi connectivity index (χ2n) is 12.8. The van der Waals surface area contributed by atoms with Crippen molar-refractivity contribution in [2.75, 3.05) is 0 Å². The van der Waals surface area contributed by atoms with E-state index in [1.807, 2.05) is 84.1 Å². The first-order valence-corrected chi connectivity index (χ1v) is 17.8. The zero-order valence-electron chi connectivity index (χ0n) is 27.1. The maximum Gasteiger partial charge on any atom is 0.164 e. The summed E-state index contributed by atoms with van der Waals surface area (Å²) in [5.41, 5.74) is 7.61. The number of thiophene rings is 1. The summed E-state index contributed by atoms with van der Waals surface area (Å²) in [6.07, 6.45) is 0. The van der Waals surface area contributed by atoms with Crippen molar-refractivity contribution in [3.05, 3.63) is 158 Å². The Kier molecular flexibility index (Phi) is 6.05. The minimum atomic E-state index is 0.582. The van der Waals surface area contributed by atoms with Gasteiger partial charge in [-0.1, -0.05) is 121 Å². The SMILES string of the molecule is c1ccc(-c2nc(-c3ccccc3)nc(-c3cc(-n4c5ccccc5c5c6sc7ccccc7c6ccc54)c4c(c3)oc3ccccc34)n2)cc1. The molecule has 238 valence electrons. The van der Waals surface area contributed by atoms with Crippen LogP contribution in [0, 0.1) is 0 Å². The van der Waals surface area contributed by atoms with Crippen molar-refractivity contribution in [2.24, 2.45) is 0 Å². The number of fused-ring (bicyclic) bond motifs is 10. The smallest absolute Gasteiger partial charge is 0.164 e. The van der Waals surface area contributed by atoms with Gasteiger partial charge in [0.15, 0.2) is 17.5 Å². The number of benzene rings is 7. The van der Waals surface area contributed by atoms with Gasteiger partial charge in [0.2, 0.25) is 0 Å². The highest BCUT2D eigenvalue weighted by Crippen LogP contribution is 2.45. The van der Waals surface area contributed by atoms with E-state index in [4.69, 9.17) is 19.4 Å². The van der Waals surface area contributed by atoms with E-state index in [0.29, 0.717) is 17.5 Å². The molecule has 0 aliphatic carbocycles. The van der Waals surface area contributed by atoms with Gasteiger partial charge in [-0.05, 0) is 36.4 Å². The Morgan fingerprint density at radius 1 is 0.431 bits per heavy atom. The molecule has 5 nitrogen and oxygen atoms in total. The molecule has 0 aliphatic heterocycles. The summed E-state index contributed by atoms with van der Waals surface area (Å²) in [5.74, 6) is 1.82. The zero-order valence-corrected chi connectivity index (χ0v) is 27.9. The van der Waals surface area contributed by atoms with Crippen molar-refractivity contribution < 1.29 is 4.42 Å². The molecule has 6 heteroatoms. The van der Waals surface area contributed by atoms with E-state index in [1.165, 1.54) is 30.9 Å². The van der Waals surface area contributed by atoms with Crippen molar-refractivity contribution in [3.63, 3.8) is 0 Å². The number of rotatable bonds is 4. The molecule has 0 bridgehead atoms. The van der Waals surface area contributed by atoms with Crippen molar-refractivity contribution in [3.8, 4) is 39.9 Å². The first-order chi connectivity index (χ1) is 25.3. The molecule has 0 saturated carbocycles. The highest BCUT2D eigenvalue weighted by Gasteiger charge is 2.23. The van der Waals surface area contributed by atoms with Crippen LogP contribution in [-0.4, -0.2) is 19.5 Å². The highest BCUT2D eigenvalue weighted by molar-refractivity contribution is 7.26. The maximum atomic E-state index is 6.63. The lowest BCUT2D eigenvalue weighted by atomic mass is 10.1. The summed E-state index contributed by atoms with van der Waals surface area (Å²) in [4.78, 5) is 15.1. The summed E-state index contributed by atoms with van der Waals surface area (Å²) in [6.45, 7) is 0. The second-order valence-corrected chi connectivity index (χ2v) is 13.8. The van der Waals surface area contributed by atoms with Gasteiger partial charge in [0.1, 0.15) is 11.2 Å². The number of nitrogens with zero attached hydrogens (tertiary/aromatic N) is 4. The topological polar surface area (TPSA) is 56.7 Å². The van der Waals surface area contributed by atoms with Crippen molar-refractivity contribution in [1.29, 1.82) is 0 Å². The highest BCUT2D eigenvalue weighted by atomic mass is 32.1. The third-order valence-electron chi connectivity index (χ3n) is 9.84. The molecule has 0 aliphatic rings. The van der Waals surface area contributed by atoms with E-state index in [2.05, 4.69) is 89.5 Å². The van der Waals surface area contributed by atoms with Gasteiger partial charge in [-0.2, -0.15) is 0 Å². The Hall–Kier alpha value is -6.63. The third-order valence-corrected chi connectivity index (χ3v) is 11.0. The van der Waals surface area contributed by atoms with Crippen molar-refractivity contribution in [1.82, 2.24) is 19.5 Å². The van der Waals surface area contributed by atoms with Crippen molar-refractivity contribution in [2.45, 2.75) is 0 Å². The lowest BCUT2D eigenvalue weighted by Crippen LogP contribution is -2.01. The summed E-state index contributed by atoms with van der Waals surface area (Å²) in [5, 5.41) is 7.16. The zero-order chi connectivity index (χ0) is 33.5. The van der Waals surface area contributed by atoms with Crippen LogP contribution in [0.5, 0.6) is 0 Å². The van der Waals surface area contributed by atoms with Gasteiger partial charge >= 0.3 is 0 Å². The van der Waals surface area contributed by atoms with Gasteiger partial charge in [0.05, 0.1) is 22.1 Å². The minimum absolute atomic E-state index is 0.582. The molecule has 51 heavy (non-hydrogen) atoms. The lowest BCUT2D eigenvalue weighted by molar-refractivity contribution is 0.669. The second kappa shape index (κ2) is 10.9. The van der Waals surface area contributed by atoms with E-state index in [9.17, 15) is 0 Å². The van der Waals surface area contributed by atoms with E-state index in [-0.39, 0.29) is 0 Å². The Bertz CT molecular complexity index is 3080. The summed E-state index contributed by atoms with van der Waals surface area (Å²) in [7, 11) is 0. The van der Waals surface area contributed by atoms with Crippen molar-refractivity contribution >= 4 is 75.3 Å². The molecule has 7 aromatic carbocycles. The van der Waals surface area contributed by atoms with Crippen LogP contribution >= 0.6 is 11.3 Å². The number of furan rings is 1. The third kappa shape index (κ3) is 4.30. The van der Waals surface area contributed by atoms with Gasteiger partial charge in [0.25, 0.3) is 0 Å². The van der Waals surface area contributed by atoms with E-state index < -0.39 is 0 Å². The molecule has 0 radical (unpaired) electrons. The van der Waals surface area contributed by atoms with Gasteiger partial charge < -0.3 is 8.98 Å². The normalized spacial score (nSPS) is 11.9. The summed E-state index contributed by atoms with van der Waals surface area (Å²) >= 11 is 1.86.